The molecule has 2 heterocycles. The standard InChI is InChI=1S/C24H17Cl2N3O/c1-14-6-12-17(13-7-14)29-23(18-4-2-3-5-19(18)26)20-21(27-28-22(20)24(29)30)15-8-10-16(25)11-9-15/h2-13,23H,1H3,(H,27,28)/t23-/m1/s1. The lowest BCUT2D eigenvalue weighted by Gasteiger charge is -2.27. The van der Waals surface area contributed by atoms with E-state index in [9.17, 15) is 4.79 Å². The van der Waals surface area contributed by atoms with E-state index in [0.29, 0.717) is 15.7 Å². The molecule has 1 N–H and O–H groups in total. The van der Waals surface area contributed by atoms with Gasteiger partial charge in [0.2, 0.25) is 0 Å². The van der Waals surface area contributed by atoms with Gasteiger partial charge in [0.25, 0.3) is 5.91 Å². The normalized spacial score (nSPS) is 15.5. The van der Waals surface area contributed by atoms with Crippen molar-refractivity contribution in [2.45, 2.75) is 13.0 Å². The summed E-state index contributed by atoms with van der Waals surface area (Å²) in [6.45, 7) is 2.02. The number of aromatic amines is 1. The van der Waals surface area contributed by atoms with E-state index in [2.05, 4.69) is 10.2 Å². The van der Waals surface area contributed by atoms with Crippen LogP contribution in [0.3, 0.4) is 0 Å². The van der Waals surface area contributed by atoms with E-state index in [1.54, 1.807) is 4.90 Å². The fraction of sp³-hybridized carbons (Fsp3) is 0.0833. The van der Waals surface area contributed by atoms with Gasteiger partial charge in [-0.25, -0.2) is 0 Å². The summed E-state index contributed by atoms with van der Waals surface area (Å²) in [7, 11) is 0. The minimum atomic E-state index is -0.395. The van der Waals surface area contributed by atoms with Crippen LogP contribution in [0.25, 0.3) is 11.3 Å². The molecule has 1 aliphatic rings. The second-order valence-corrected chi connectivity index (χ2v) is 8.15. The maximum atomic E-state index is 13.5. The highest BCUT2D eigenvalue weighted by molar-refractivity contribution is 6.31. The third kappa shape index (κ3) is 3.00. The van der Waals surface area contributed by atoms with Crippen LogP contribution in [-0.4, -0.2) is 16.1 Å². The van der Waals surface area contributed by atoms with Crippen LogP contribution < -0.4 is 4.90 Å². The van der Waals surface area contributed by atoms with E-state index >= 15 is 0 Å². The largest absolute Gasteiger partial charge is 0.295 e. The number of halogens is 2. The van der Waals surface area contributed by atoms with Crippen molar-refractivity contribution in [2.24, 2.45) is 0 Å². The van der Waals surface area contributed by atoms with Gasteiger partial charge in [-0.3, -0.25) is 14.8 Å². The fourth-order valence-corrected chi connectivity index (χ4v) is 4.30. The van der Waals surface area contributed by atoms with Crippen LogP contribution in [0.1, 0.15) is 33.2 Å². The van der Waals surface area contributed by atoms with Crippen LogP contribution >= 0.6 is 23.2 Å². The Labute approximate surface area is 184 Å². The molecule has 3 aromatic carbocycles. The molecule has 0 radical (unpaired) electrons. The van der Waals surface area contributed by atoms with E-state index in [-0.39, 0.29) is 5.91 Å². The molecule has 0 spiro atoms. The van der Waals surface area contributed by atoms with Crippen molar-refractivity contribution in [1.82, 2.24) is 10.2 Å². The SMILES string of the molecule is Cc1ccc(N2C(=O)c3[nH]nc(-c4ccc(Cl)cc4)c3[C@H]2c2ccccc2Cl)cc1. The number of nitrogens with zero attached hydrogens (tertiary/aromatic N) is 2. The average Bonchev–Trinajstić information content (AvgIpc) is 3.29. The van der Waals surface area contributed by atoms with Crippen molar-refractivity contribution in [3.8, 4) is 11.3 Å². The smallest absolute Gasteiger partial charge is 0.277 e. The number of carbonyl (C=O) groups is 1. The lowest BCUT2D eigenvalue weighted by atomic mass is 9.95. The summed E-state index contributed by atoms with van der Waals surface area (Å²) in [5.41, 5.74) is 5.68. The van der Waals surface area contributed by atoms with Gasteiger partial charge in [0.1, 0.15) is 5.69 Å². The van der Waals surface area contributed by atoms with Crippen molar-refractivity contribution >= 4 is 34.8 Å². The van der Waals surface area contributed by atoms with Crippen molar-refractivity contribution in [3.63, 3.8) is 0 Å². The van der Waals surface area contributed by atoms with Crippen molar-refractivity contribution in [2.75, 3.05) is 4.90 Å². The van der Waals surface area contributed by atoms with E-state index in [1.807, 2.05) is 79.7 Å². The first-order chi connectivity index (χ1) is 14.5. The van der Waals surface area contributed by atoms with Crippen LogP contribution in [0.2, 0.25) is 10.0 Å². The zero-order valence-electron chi connectivity index (χ0n) is 16.1. The lowest BCUT2D eigenvalue weighted by molar-refractivity contribution is 0.0989. The summed E-state index contributed by atoms with van der Waals surface area (Å²) in [5.74, 6) is -0.133. The van der Waals surface area contributed by atoms with Crippen LogP contribution in [0.15, 0.2) is 72.8 Å². The number of hydrogen-bond donors (Lipinski definition) is 1. The average molecular weight is 434 g/mol. The Hall–Kier alpha value is -3.08. The van der Waals surface area contributed by atoms with Crippen molar-refractivity contribution in [3.05, 3.63) is 105 Å². The third-order valence-electron chi connectivity index (χ3n) is 5.40. The Kier molecular flexibility index (Phi) is 4.61. The number of H-pyrrole nitrogens is 1. The van der Waals surface area contributed by atoms with Gasteiger partial charge in [-0.2, -0.15) is 5.10 Å². The predicted octanol–water partition coefficient (Wildman–Crippen LogP) is 6.44. The molecule has 0 bridgehead atoms. The molecule has 4 aromatic rings. The number of amides is 1. The Balaban J connectivity index is 1.74. The van der Waals surface area contributed by atoms with Gasteiger partial charge in [-0.15, -0.1) is 0 Å². The minimum Gasteiger partial charge on any atom is -0.295 e. The number of aryl methyl sites for hydroxylation is 1. The predicted molar refractivity (Wildman–Crippen MR) is 120 cm³/mol. The molecular formula is C24H17Cl2N3O. The quantitative estimate of drug-likeness (QED) is 0.403. The molecule has 1 aromatic heterocycles. The van der Waals surface area contributed by atoms with Gasteiger partial charge in [0.15, 0.2) is 0 Å². The third-order valence-corrected chi connectivity index (χ3v) is 5.99. The number of nitrogens with one attached hydrogen (secondary N) is 1. The molecule has 30 heavy (non-hydrogen) atoms. The first-order valence-electron chi connectivity index (χ1n) is 9.53. The van der Waals surface area contributed by atoms with Gasteiger partial charge in [0, 0.05) is 26.9 Å². The van der Waals surface area contributed by atoms with Gasteiger partial charge in [0.05, 0.1) is 11.7 Å². The molecule has 1 amide bonds. The molecule has 1 atom stereocenters. The first-order valence-corrected chi connectivity index (χ1v) is 10.3. The Morgan fingerprint density at radius 1 is 0.933 bits per heavy atom. The number of rotatable bonds is 3. The number of anilines is 1. The second kappa shape index (κ2) is 7.31. The highest BCUT2D eigenvalue weighted by atomic mass is 35.5. The number of fused-ring (bicyclic) bond motifs is 1. The number of hydrogen-bond acceptors (Lipinski definition) is 2. The topological polar surface area (TPSA) is 49.0 Å². The molecule has 4 nitrogen and oxygen atoms in total. The summed E-state index contributed by atoms with van der Waals surface area (Å²) >= 11 is 12.7. The monoisotopic (exact) mass is 433 g/mol. The molecule has 0 saturated carbocycles. The zero-order chi connectivity index (χ0) is 20.8. The Morgan fingerprint density at radius 3 is 2.33 bits per heavy atom. The summed E-state index contributed by atoms with van der Waals surface area (Å²) in [6.07, 6.45) is 0. The summed E-state index contributed by atoms with van der Waals surface area (Å²) in [4.78, 5) is 15.2. The van der Waals surface area contributed by atoms with Gasteiger partial charge in [-0.1, -0.05) is 71.2 Å². The van der Waals surface area contributed by atoms with Crippen molar-refractivity contribution in [1.29, 1.82) is 0 Å². The zero-order valence-corrected chi connectivity index (χ0v) is 17.6. The summed E-state index contributed by atoms with van der Waals surface area (Å²) in [5, 5.41) is 8.68. The molecule has 5 rings (SSSR count). The fourth-order valence-electron chi connectivity index (χ4n) is 3.94. The molecular weight excluding hydrogens is 417 g/mol. The first kappa shape index (κ1) is 18.9. The van der Waals surface area contributed by atoms with Crippen LogP contribution in [0, 0.1) is 6.92 Å². The maximum Gasteiger partial charge on any atom is 0.277 e. The van der Waals surface area contributed by atoms with Crippen LogP contribution in [0.5, 0.6) is 0 Å². The summed E-state index contributed by atoms with van der Waals surface area (Å²) in [6, 6.07) is 22.6. The molecule has 0 fully saturated rings. The maximum absolute atomic E-state index is 13.5. The molecule has 1 aliphatic heterocycles. The molecule has 0 unspecified atom stereocenters. The van der Waals surface area contributed by atoms with E-state index < -0.39 is 6.04 Å². The van der Waals surface area contributed by atoms with E-state index in [0.717, 1.165) is 33.6 Å². The Morgan fingerprint density at radius 2 is 1.63 bits per heavy atom. The van der Waals surface area contributed by atoms with Gasteiger partial charge >= 0.3 is 0 Å². The van der Waals surface area contributed by atoms with E-state index in [1.165, 1.54) is 0 Å². The molecule has 0 aliphatic carbocycles. The van der Waals surface area contributed by atoms with E-state index in [4.69, 9.17) is 23.2 Å². The van der Waals surface area contributed by atoms with Gasteiger partial charge in [-0.05, 0) is 42.8 Å². The number of aromatic nitrogens is 2. The number of carbonyl (C=O) groups excluding carboxylic acids is 1. The van der Waals surface area contributed by atoms with Crippen LogP contribution in [0.4, 0.5) is 5.69 Å². The summed E-state index contributed by atoms with van der Waals surface area (Å²) < 4.78 is 0. The molecule has 6 heteroatoms. The second-order valence-electron chi connectivity index (χ2n) is 7.30. The van der Waals surface area contributed by atoms with Gasteiger partial charge < -0.3 is 0 Å². The lowest BCUT2D eigenvalue weighted by Crippen LogP contribution is -2.29. The highest BCUT2D eigenvalue weighted by Crippen LogP contribution is 2.46. The van der Waals surface area contributed by atoms with Crippen molar-refractivity contribution < 1.29 is 4.79 Å². The molecule has 0 saturated heterocycles. The van der Waals surface area contributed by atoms with Crippen LogP contribution in [-0.2, 0) is 0 Å². The number of benzene rings is 3. The highest BCUT2D eigenvalue weighted by Gasteiger charge is 2.43. The molecule has 148 valence electrons. The Bertz CT molecular complexity index is 1250. The minimum absolute atomic E-state index is 0.133.